The van der Waals surface area contributed by atoms with Crippen molar-refractivity contribution in [3.8, 4) is 0 Å². The van der Waals surface area contributed by atoms with Crippen LogP contribution in [-0.4, -0.2) is 36.6 Å². The van der Waals surface area contributed by atoms with Crippen LogP contribution >= 0.6 is 0 Å². The maximum atomic E-state index is 9.77. The van der Waals surface area contributed by atoms with Crippen molar-refractivity contribution < 1.29 is 39.5 Å². The van der Waals surface area contributed by atoms with Crippen LogP contribution in [0, 0.1) is 0 Å². The minimum absolute atomic E-state index is 0. The van der Waals surface area contributed by atoms with E-state index in [9.17, 15) is 4.79 Å². The molecule has 0 unspecified atom stereocenters. The molecule has 0 aromatic rings. The average Bonchev–Trinajstić information content (AvgIpc) is 1.27. The van der Waals surface area contributed by atoms with Gasteiger partial charge in [0.15, 0.2) is 0 Å². The van der Waals surface area contributed by atoms with Crippen molar-refractivity contribution in [1.29, 1.82) is 0 Å². The molecule has 0 atom stereocenters. The van der Waals surface area contributed by atoms with Crippen LogP contribution < -0.4 is 29.6 Å². The van der Waals surface area contributed by atoms with Crippen LogP contribution in [0.3, 0.4) is 0 Å². The van der Waals surface area contributed by atoms with Crippen LogP contribution in [0.15, 0.2) is 0 Å². The van der Waals surface area contributed by atoms with Crippen molar-refractivity contribution in [2.24, 2.45) is 0 Å². The number of rotatable bonds is 2. The molecule has 42 valence electrons. The van der Waals surface area contributed by atoms with Crippen molar-refractivity contribution in [2.75, 3.05) is 20.6 Å². The quantitative estimate of drug-likeness (QED) is 0.393. The second kappa shape index (κ2) is 5.56. The summed E-state index contributed by atoms with van der Waals surface area (Å²) < 4.78 is 0. The zero-order chi connectivity index (χ0) is 5.86. The first kappa shape index (κ1) is 11.3. The molecule has 0 aromatic carbocycles. The first-order valence-corrected chi connectivity index (χ1v) is 1.99. The van der Waals surface area contributed by atoms with E-state index in [1.165, 1.54) is 0 Å². The largest absolute Gasteiger partial charge is 1.00 e. The predicted molar refractivity (Wildman–Crippen MR) is 26.2 cm³/mol. The summed E-state index contributed by atoms with van der Waals surface area (Å²) in [5.74, 6) is -0.787. The summed E-state index contributed by atoms with van der Waals surface area (Å²) in [6.07, 6.45) is 0. The number of aliphatic carboxylic acids is 1. The summed E-state index contributed by atoms with van der Waals surface area (Å²) in [6.45, 7) is 0.111. The van der Waals surface area contributed by atoms with E-state index in [2.05, 4.69) is 0 Å². The van der Waals surface area contributed by atoms with Crippen LogP contribution in [0.5, 0.6) is 0 Å². The van der Waals surface area contributed by atoms with Crippen molar-refractivity contribution in [2.45, 2.75) is 0 Å². The first-order valence-electron chi connectivity index (χ1n) is 1.99. The molecule has 0 rings (SSSR count). The molecule has 0 aliphatic rings. The van der Waals surface area contributed by atoms with E-state index in [1.54, 1.807) is 19.0 Å². The summed E-state index contributed by atoms with van der Waals surface area (Å²) in [7, 11) is 3.43. The predicted octanol–water partition coefficient (Wildman–Crippen LogP) is -3.36. The summed E-state index contributed by atoms with van der Waals surface area (Å²) >= 11 is 0. The SMILES string of the molecule is CN(C)CC(=O)O.[Na+]. The number of hydrogen-bond donors (Lipinski definition) is 1. The molecule has 0 radical (unpaired) electrons. The van der Waals surface area contributed by atoms with Gasteiger partial charge in [-0.3, -0.25) is 9.69 Å². The Morgan fingerprint density at radius 2 is 2.00 bits per heavy atom. The summed E-state index contributed by atoms with van der Waals surface area (Å²) in [4.78, 5) is 11.4. The fourth-order valence-electron chi connectivity index (χ4n) is 0.271. The molecular formula is C4H9NNaO2+. The van der Waals surface area contributed by atoms with Crippen LogP contribution in [0.2, 0.25) is 0 Å². The molecule has 0 aliphatic carbocycles. The zero-order valence-corrected chi connectivity index (χ0v) is 7.51. The van der Waals surface area contributed by atoms with Crippen molar-refractivity contribution in [1.82, 2.24) is 4.90 Å². The van der Waals surface area contributed by atoms with Gasteiger partial charge in [-0.05, 0) is 14.1 Å². The fourth-order valence-corrected chi connectivity index (χ4v) is 0.271. The maximum absolute atomic E-state index is 9.77. The average molecular weight is 126 g/mol. The summed E-state index contributed by atoms with van der Waals surface area (Å²) in [5.41, 5.74) is 0. The normalized spacial score (nSPS) is 8.38. The molecule has 8 heavy (non-hydrogen) atoms. The third-order valence-corrected chi connectivity index (χ3v) is 0.451. The maximum Gasteiger partial charge on any atom is 1.00 e. The Kier molecular flexibility index (Phi) is 7.83. The van der Waals surface area contributed by atoms with Crippen LogP contribution in [0.4, 0.5) is 0 Å². The molecule has 0 aliphatic heterocycles. The molecule has 3 nitrogen and oxygen atoms in total. The molecule has 4 heteroatoms. The van der Waals surface area contributed by atoms with Gasteiger partial charge in [0.25, 0.3) is 0 Å². The van der Waals surface area contributed by atoms with Gasteiger partial charge in [-0.2, -0.15) is 0 Å². The van der Waals surface area contributed by atoms with Gasteiger partial charge in [0, 0.05) is 0 Å². The fraction of sp³-hybridized carbons (Fsp3) is 0.750. The first-order chi connectivity index (χ1) is 3.13. The molecule has 0 aromatic heterocycles. The number of carboxylic acid groups (broad SMARTS) is 1. The number of likely N-dealkylation sites (N-methyl/N-ethyl adjacent to an activating group) is 1. The zero-order valence-electron chi connectivity index (χ0n) is 5.51. The van der Waals surface area contributed by atoms with Gasteiger partial charge in [-0.15, -0.1) is 0 Å². The van der Waals surface area contributed by atoms with Crippen LogP contribution in [-0.2, 0) is 4.79 Å². The monoisotopic (exact) mass is 126 g/mol. The number of carboxylic acids is 1. The van der Waals surface area contributed by atoms with Crippen molar-refractivity contribution in [3.05, 3.63) is 0 Å². The van der Waals surface area contributed by atoms with E-state index in [0.29, 0.717) is 0 Å². The second-order valence-corrected chi connectivity index (χ2v) is 1.63. The van der Waals surface area contributed by atoms with E-state index in [4.69, 9.17) is 5.11 Å². The standard InChI is InChI=1S/C4H9NO2.Na/c1-5(2)3-4(6)7;/h3H2,1-2H3,(H,6,7);/q;+1. The van der Waals surface area contributed by atoms with Gasteiger partial charge in [0.05, 0.1) is 6.54 Å². The van der Waals surface area contributed by atoms with Gasteiger partial charge in [0.2, 0.25) is 0 Å². The Bertz CT molecular complexity index is 74.4. The Labute approximate surface area is 71.0 Å². The third-order valence-electron chi connectivity index (χ3n) is 0.451. The minimum Gasteiger partial charge on any atom is -0.480 e. The van der Waals surface area contributed by atoms with Gasteiger partial charge >= 0.3 is 35.5 Å². The molecule has 0 amide bonds. The summed E-state index contributed by atoms with van der Waals surface area (Å²) in [5, 5.41) is 8.04. The Morgan fingerprint density at radius 1 is 1.62 bits per heavy atom. The van der Waals surface area contributed by atoms with Gasteiger partial charge < -0.3 is 5.11 Å². The van der Waals surface area contributed by atoms with Crippen LogP contribution in [0.1, 0.15) is 0 Å². The third kappa shape index (κ3) is 9.66. The number of nitrogens with zero attached hydrogens (tertiary/aromatic N) is 1. The molecular weight excluding hydrogens is 117 g/mol. The van der Waals surface area contributed by atoms with E-state index in [0.717, 1.165) is 0 Å². The molecule has 0 heterocycles. The minimum atomic E-state index is -0.787. The van der Waals surface area contributed by atoms with E-state index >= 15 is 0 Å². The van der Waals surface area contributed by atoms with E-state index in [1.807, 2.05) is 0 Å². The molecule has 0 spiro atoms. The Balaban J connectivity index is 0. The number of carbonyl (C=O) groups is 1. The van der Waals surface area contributed by atoms with Crippen molar-refractivity contribution >= 4 is 5.97 Å². The second-order valence-electron chi connectivity index (χ2n) is 1.63. The van der Waals surface area contributed by atoms with Gasteiger partial charge in [-0.1, -0.05) is 0 Å². The van der Waals surface area contributed by atoms with Gasteiger partial charge in [0.1, 0.15) is 0 Å². The Morgan fingerprint density at radius 3 is 2.00 bits per heavy atom. The van der Waals surface area contributed by atoms with Crippen molar-refractivity contribution in [3.63, 3.8) is 0 Å². The van der Waals surface area contributed by atoms with E-state index < -0.39 is 5.97 Å². The topological polar surface area (TPSA) is 40.5 Å². The van der Waals surface area contributed by atoms with E-state index in [-0.39, 0.29) is 36.1 Å². The van der Waals surface area contributed by atoms with Crippen LogP contribution in [0.25, 0.3) is 0 Å². The molecule has 0 bridgehead atoms. The smallest absolute Gasteiger partial charge is 0.480 e. The number of hydrogen-bond acceptors (Lipinski definition) is 2. The Hall–Kier alpha value is 0.430. The van der Waals surface area contributed by atoms with Gasteiger partial charge in [-0.25, -0.2) is 0 Å². The molecule has 0 fully saturated rings. The molecule has 0 saturated carbocycles. The molecule has 0 saturated heterocycles. The summed E-state index contributed by atoms with van der Waals surface area (Å²) in [6, 6.07) is 0. The molecule has 1 N–H and O–H groups in total.